The number of halogens is 1. The van der Waals surface area contributed by atoms with Gasteiger partial charge in [0.25, 0.3) is 0 Å². The lowest BCUT2D eigenvalue weighted by molar-refractivity contribution is 1.000. The van der Waals surface area contributed by atoms with Gasteiger partial charge >= 0.3 is 0 Å². The lowest BCUT2D eigenvalue weighted by Gasteiger charge is -2.05. The molecule has 0 aliphatic carbocycles. The fourth-order valence-corrected chi connectivity index (χ4v) is 2.01. The van der Waals surface area contributed by atoms with E-state index in [0.717, 1.165) is 0 Å². The van der Waals surface area contributed by atoms with Crippen LogP contribution in [0.2, 0.25) is 5.15 Å². The van der Waals surface area contributed by atoms with E-state index in [2.05, 4.69) is 19.9 Å². The van der Waals surface area contributed by atoms with Crippen LogP contribution in [0.25, 0.3) is 0 Å². The molecular formula is C9H9ClN6S. The Labute approximate surface area is 107 Å². The third kappa shape index (κ3) is 2.75. The standard InChI is InChI=1S/C9H9ClN6S/c1-4-6(10)16-7(11)8(14-4)17-5-2-3-13-9(12)15-5/h2-3H,1H3,(H2,11,16)(H2,12,13,15). The molecule has 0 spiro atoms. The van der Waals surface area contributed by atoms with Gasteiger partial charge < -0.3 is 11.5 Å². The molecule has 0 amide bonds. The van der Waals surface area contributed by atoms with Crippen LogP contribution in [0.3, 0.4) is 0 Å². The molecule has 8 heteroatoms. The van der Waals surface area contributed by atoms with E-state index in [9.17, 15) is 0 Å². The maximum atomic E-state index is 5.81. The van der Waals surface area contributed by atoms with Crippen LogP contribution in [-0.4, -0.2) is 19.9 Å². The number of nitrogen functional groups attached to an aromatic ring is 2. The zero-order valence-electron chi connectivity index (χ0n) is 8.88. The molecule has 88 valence electrons. The topological polar surface area (TPSA) is 104 Å². The van der Waals surface area contributed by atoms with E-state index in [1.807, 2.05) is 0 Å². The molecule has 0 atom stereocenters. The molecule has 4 N–H and O–H groups in total. The van der Waals surface area contributed by atoms with Crippen molar-refractivity contribution in [2.75, 3.05) is 11.5 Å². The zero-order valence-corrected chi connectivity index (χ0v) is 10.5. The molecule has 17 heavy (non-hydrogen) atoms. The van der Waals surface area contributed by atoms with Crippen LogP contribution in [0, 0.1) is 6.92 Å². The Morgan fingerprint density at radius 3 is 2.71 bits per heavy atom. The highest BCUT2D eigenvalue weighted by Crippen LogP contribution is 2.29. The van der Waals surface area contributed by atoms with Gasteiger partial charge in [0.2, 0.25) is 5.95 Å². The van der Waals surface area contributed by atoms with E-state index >= 15 is 0 Å². The Kier molecular flexibility index (Phi) is 3.30. The van der Waals surface area contributed by atoms with E-state index in [0.29, 0.717) is 20.9 Å². The summed E-state index contributed by atoms with van der Waals surface area (Å²) in [5, 5.41) is 1.50. The van der Waals surface area contributed by atoms with E-state index in [4.69, 9.17) is 23.1 Å². The summed E-state index contributed by atoms with van der Waals surface area (Å²) in [6.07, 6.45) is 1.57. The number of rotatable bonds is 2. The van der Waals surface area contributed by atoms with Crippen LogP contribution >= 0.6 is 23.4 Å². The van der Waals surface area contributed by atoms with Crippen molar-refractivity contribution in [3.05, 3.63) is 23.1 Å². The summed E-state index contributed by atoms with van der Waals surface area (Å²) in [5.74, 6) is 0.468. The van der Waals surface area contributed by atoms with E-state index in [1.54, 1.807) is 19.2 Å². The molecule has 0 aliphatic heterocycles. The summed E-state index contributed by atoms with van der Waals surface area (Å²) >= 11 is 7.07. The normalized spacial score (nSPS) is 10.5. The van der Waals surface area contributed by atoms with Crippen LogP contribution in [0.4, 0.5) is 11.8 Å². The second-order valence-corrected chi connectivity index (χ2v) is 4.51. The molecular weight excluding hydrogens is 260 g/mol. The Bertz CT molecular complexity index is 561. The second-order valence-electron chi connectivity index (χ2n) is 3.15. The first-order valence-corrected chi connectivity index (χ1v) is 5.81. The number of aromatic nitrogens is 4. The molecule has 0 fully saturated rings. The van der Waals surface area contributed by atoms with Crippen molar-refractivity contribution < 1.29 is 0 Å². The van der Waals surface area contributed by atoms with Gasteiger partial charge in [-0.25, -0.2) is 19.9 Å². The van der Waals surface area contributed by atoms with Crippen molar-refractivity contribution in [2.45, 2.75) is 17.0 Å². The van der Waals surface area contributed by atoms with Crippen LogP contribution in [0.5, 0.6) is 0 Å². The Hall–Kier alpha value is -1.60. The first kappa shape index (κ1) is 11.9. The van der Waals surface area contributed by atoms with E-state index < -0.39 is 0 Å². The van der Waals surface area contributed by atoms with Gasteiger partial charge in [-0.05, 0) is 24.8 Å². The van der Waals surface area contributed by atoms with E-state index in [1.165, 1.54) is 11.8 Å². The van der Waals surface area contributed by atoms with Gasteiger partial charge in [0, 0.05) is 6.20 Å². The summed E-state index contributed by atoms with van der Waals surface area (Å²) < 4.78 is 0. The number of nitrogens with zero attached hydrogens (tertiary/aromatic N) is 4. The van der Waals surface area contributed by atoms with Gasteiger partial charge in [0.05, 0.1) is 5.69 Å². The maximum Gasteiger partial charge on any atom is 0.221 e. The third-order valence-corrected chi connectivity index (χ3v) is 3.14. The van der Waals surface area contributed by atoms with Gasteiger partial charge in [-0.3, -0.25) is 0 Å². The molecule has 0 saturated heterocycles. The minimum atomic E-state index is 0.201. The quantitative estimate of drug-likeness (QED) is 0.796. The van der Waals surface area contributed by atoms with Crippen molar-refractivity contribution in [3.8, 4) is 0 Å². The van der Waals surface area contributed by atoms with Gasteiger partial charge in [-0.15, -0.1) is 0 Å². The summed E-state index contributed by atoms with van der Waals surface area (Å²) in [6.45, 7) is 1.76. The van der Waals surface area contributed by atoms with Crippen LogP contribution in [0.1, 0.15) is 5.69 Å². The minimum absolute atomic E-state index is 0.201. The highest BCUT2D eigenvalue weighted by atomic mass is 35.5. The molecule has 0 saturated carbocycles. The number of anilines is 2. The number of hydrogen-bond acceptors (Lipinski definition) is 7. The number of nitrogens with two attached hydrogens (primary N) is 2. The highest BCUT2D eigenvalue weighted by Gasteiger charge is 2.10. The molecule has 2 heterocycles. The smallest absolute Gasteiger partial charge is 0.221 e. The molecule has 2 aromatic rings. The lowest BCUT2D eigenvalue weighted by Crippen LogP contribution is -2.00. The first-order chi connectivity index (χ1) is 8.06. The van der Waals surface area contributed by atoms with Crippen molar-refractivity contribution >= 4 is 35.1 Å². The largest absolute Gasteiger partial charge is 0.381 e. The Morgan fingerprint density at radius 2 is 2.00 bits per heavy atom. The van der Waals surface area contributed by atoms with Crippen LogP contribution in [-0.2, 0) is 0 Å². The number of aryl methyl sites for hydroxylation is 1. The molecule has 6 nitrogen and oxygen atoms in total. The van der Waals surface area contributed by atoms with Crippen molar-refractivity contribution in [2.24, 2.45) is 0 Å². The van der Waals surface area contributed by atoms with Crippen molar-refractivity contribution in [1.82, 2.24) is 19.9 Å². The Balaban J connectivity index is 2.33. The monoisotopic (exact) mass is 268 g/mol. The molecule has 0 aromatic carbocycles. The van der Waals surface area contributed by atoms with Gasteiger partial charge in [-0.1, -0.05) is 11.6 Å². The number of hydrogen-bond donors (Lipinski definition) is 2. The molecule has 2 aromatic heterocycles. The average molecular weight is 269 g/mol. The van der Waals surface area contributed by atoms with Gasteiger partial charge in [-0.2, -0.15) is 0 Å². The van der Waals surface area contributed by atoms with Gasteiger partial charge in [0.1, 0.15) is 10.1 Å². The predicted molar refractivity (Wildman–Crippen MR) is 66.8 cm³/mol. The molecule has 0 aliphatic rings. The molecule has 0 radical (unpaired) electrons. The summed E-state index contributed by atoms with van der Waals surface area (Å²) in [5.41, 5.74) is 11.8. The van der Waals surface area contributed by atoms with Crippen molar-refractivity contribution in [1.29, 1.82) is 0 Å². The van der Waals surface area contributed by atoms with Crippen molar-refractivity contribution in [3.63, 3.8) is 0 Å². The fraction of sp³-hybridized carbons (Fsp3) is 0.111. The minimum Gasteiger partial charge on any atom is -0.381 e. The summed E-state index contributed by atoms with van der Waals surface area (Å²) in [6, 6.07) is 1.71. The lowest BCUT2D eigenvalue weighted by atomic mass is 10.5. The summed E-state index contributed by atoms with van der Waals surface area (Å²) in [7, 11) is 0. The van der Waals surface area contributed by atoms with Crippen LogP contribution in [0.15, 0.2) is 22.3 Å². The third-order valence-electron chi connectivity index (χ3n) is 1.86. The van der Waals surface area contributed by atoms with E-state index in [-0.39, 0.29) is 11.8 Å². The van der Waals surface area contributed by atoms with Crippen LogP contribution < -0.4 is 11.5 Å². The zero-order chi connectivity index (χ0) is 12.4. The second kappa shape index (κ2) is 4.72. The molecule has 2 rings (SSSR count). The predicted octanol–water partition coefficient (Wildman–Crippen LogP) is 1.54. The SMILES string of the molecule is Cc1nc(Sc2ccnc(N)n2)c(N)nc1Cl. The molecule has 0 unspecified atom stereocenters. The van der Waals surface area contributed by atoms with Gasteiger partial charge in [0.15, 0.2) is 11.0 Å². The average Bonchev–Trinajstić information content (AvgIpc) is 2.26. The molecule has 0 bridgehead atoms. The Morgan fingerprint density at radius 1 is 1.24 bits per heavy atom. The first-order valence-electron chi connectivity index (χ1n) is 4.62. The highest BCUT2D eigenvalue weighted by molar-refractivity contribution is 7.99. The summed E-state index contributed by atoms with van der Waals surface area (Å²) in [4.78, 5) is 16.1. The fourth-order valence-electron chi connectivity index (χ4n) is 1.08. The maximum absolute atomic E-state index is 5.81.